The third-order valence-electron chi connectivity index (χ3n) is 5.59. The van der Waals surface area contributed by atoms with Gasteiger partial charge in [0.2, 0.25) is 5.16 Å². The number of hydrogen-bond donors (Lipinski definition) is 2. The van der Waals surface area contributed by atoms with Gasteiger partial charge in [-0.25, -0.2) is 4.68 Å². The van der Waals surface area contributed by atoms with E-state index in [1.165, 1.54) is 10.9 Å². The minimum Gasteiger partial charge on any atom is -0.497 e. The molecule has 0 aliphatic carbocycles. The van der Waals surface area contributed by atoms with Crippen molar-refractivity contribution >= 4 is 34.3 Å². The van der Waals surface area contributed by atoms with E-state index < -0.39 is 0 Å². The molecule has 0 saturated heterocycles. The van der Waals surface area contributed by atoms with E-state index >= 15 is 0 Å². The maximum Gasteiger partial charge on any atom is 0.212 e. The second kappa shape index (κ2) is 7.62. The number of benzene rings is 3. The first-order valence-corrected chi connectivity index (χ1v) is 11.4. The van der Waals surface area contributed by atoms with Crippen molar-refractivity contribution in [1.82, 2.24) is 19.9 Å². The molecule has 0 amide bonds. The summed E-state index contributed by atoms with van der Waals surface area (Å²) in [5, 5.41) is 11.5. The summed E-state index contributed by atoms with van der Waals surface area (Å²) in [5.74, 6) is 1.58. The summed E-state index contributed by atoms with van der Waals surface area (Å²) in [4.78, 5) is 3.60. The van der Waals surface area contributed by atoms with E-state index in [1.54, 1.807) is 18.9 Å². The molecule has 6 nitrogen and oxygen atoms in total. The molecule has 8 heteroatoms. The first-order valence-electron chi connectivity index (χ1n) is 10.1. The van der Waals surface area contributed by atoms with E-state index in [4.69, 9.17) is 16.3 Å². The third kappa shape index (κ3) is 3.13. The lowest BCUT2D eigenvalue weighted by Gasteiger charge is -2.14. The summed E-state index contributed by atoms with van der Waals surface area (Å²) >= 11 is 7.78. The fourth-order valence-electron chi connectivity index (χ4n) is 4.04. The lowest BCUT2D eigenvalue weighted by Crippen LogP contribution is -2.14. The molecule has 1 aliphatic rings. The van der Waals surface area contributed by atoms with E-state index in [0.29, 0.717) is 0 Å². The van der Waals surface area contributed by atoms with Gasteiger partial charge in [0.15, 0.2) is 5.82 Å². The number of nitrogens with one attached hydrogen (secondary N) is 2. The highest BCUT2D eigenvalue weighted by Crippen LogP contribution is 2.46. The number of para-hydroxylation sites is 1. The van der Waals surface area contributed by atoms with Crippen molar-refractivity contribution < 1.29 is 4.74 Å². The SMILES string of the molecule is COc1ccc(-c2nnc3n2NC(c2c(-c4ccc(Cl)cc4)[nH]c4ccccc24)S3)cc1. The molecule has 3 heterocycles. The Morgan fingerprint density at radius 2 is 1.69 bits per heavy atom. The lowest BCUT2D eigenvalue weighted by atomic mass is 10.1. The van der Waals surface area contributed by atoms with Crippen LogP contribution in [0, 0.1) is 0 Å². The van der Waals surface area contributed by atoms with Gasteiger partial charge in [-0.3, -0.25) is 0 Å². The quantitative estimate of drug-likeness (QED) is 0.339. The number of halogens is 1. The molecule has 2 aromatic heterocycles. The van der Waals surface area contributed by atoms with Gasteiger partial charge in [0, 0.05) is 27.1 Å². The Labute approximate surface area is 193 Å². The molecule has 0 bridgehead atoms. The van der Waals surface area contributed by atoms with Crippen LogP contribution in [0.25, 0.3) is 33.5 Å². The van der Waals surface area contributed by atoms with Crippen LogP contribution < -0.4 is 10.2 Å². The van der Waals surface area contributed by atoms with Crippen molar-refractivity contribution in [3.8, 4) is 28.4 Å². The number of rotatable bonds is 4. The highest BCUT2D eigenvalue weighted by molar-refractivity contribution is 7.99. The molecular formula is C24H18ClN5OS. The van der Waals surface area contributed by atoms with Crippen molar-refractivity contribution in [3.05, 3.63) is 83.4 Å². The number of ether oxygens (including phenoxy) is 1. The first kappa shape index (κ1) is 19.3. The molecule has 1 atom stereocenters. The van der Waals surface area contributed by atoms with Crippen molar-refractivity contribution in [2.45, 2.75) is 10.5 Å². The summed E-state index contributed by atoms with van der Waals surface area (Å²) in [6.07, 6.45) is 0. The molecule has 1 unspecified atom stereocenters. The molecule has 5 aromatic rings. The molecule has 158 valence electrons. The molecule has 0 saturated carbocycles. The minimum absolute atomic E-state index is 0.0284. The summed E-state index contributed by atoms with van der Waals surface area (Å²) < 4.78 is 7.24. The average Bonchev–Trinajstić information content (AvgIpc) is 3.51. The van der Waals surface area contributed by atoms with Crippen LogP contribution in [-0.4, -0.2) is 27.0 Å². The van der Waals surface area contributed by atoms with Crippen molar-refractivity contribution in [2.24, 2.45) is 0 Å². The molecular weight excluding hydrogens is 442 g/mol. The number of H-pyrrole nitrogens is 1. The van der Waals surface area contributed by atoms with Gasteiger partial charge in [0.05, 0.1) is 12.8 Å². The normalized spacial score (nSPS) is 15.0. The second-order valence-electron chi connectivity index (χ2n) is 7.46. The van der Waals surface area contributed by atoms with Gasteiger partial charge in [0.1, 0.15) is 11.1 Å². The number of methoxy groups -OCH3 is 1. The largest absolute Gasteiger partial charge is 0.497 e. The van der Waals surface area contributed by atoms with Gasteiger partial charge in [-0.1, -0.05) is 53.7 Å². The molecule has 3 aromatic carbocycles. The van der Waals surface area contributed by atoms with Crippen LogP contribution in [0.5, 0.6) is 5.75 Å². The summed E-state index contributed by atoms with van der Waals surface area (Å²) in [6.45, 7) is 0. The number of fused-ring (bicyclic) bond motifs is 2. The van der Waals surface area contributed by atoms with E-state index in [-0.39, 0.29) is 5.37 Å². The number of thioether (sulfide) groups is 1. The topological polar surface area (TPSA) is 67.8 Å². The van der Waals surface area contributed by atoms with E-state index in [1.807, 2.05) is 59.3 Å². The Kier molecular flexibility index (Phi) is 4.59. The van der Waals surface area contributed by atoms with Gasteiger partial charge in [0.25, 0.3) is 0 Å². The third-order valence-corrected chi connectivity index (χ3v) is 6.90. The zero-order valence-electron chi connectivity index (χ0n) is 17.0. The van der Waals surface area contributed by atoms with Gasteiger partial charge in [-0.2, -0.15) is 0 Å². The molecule has 1 aliphatic heterocycles. The molecule has 0 radical (unpaired) electrons. The van der Waals surface area contributed by atoms with Crippen LogP contribution in [0.3, 0.4) is 0 Å². The van der Waals surface area contributed by atoms with Crippen molar-refractivity contribution in [3.63, 3.8) is 0 Å². The number of nitrogens with zero attached hydrogens (tertiary/aromatic N) is 3. The Hall–Kier alpha value is -3.42. The zero-order valence-corrected chi connectivity index (χ0v) is 18.6. The van der Waals surface area contributed by atoms with E-state index in [9.17, 15) is 0 Å². The predicted octanol–water partition coefficient (Wildman–Crippen LogP) is 6.10. The molecule has 6 rings (SSSR count). The molecule has 0 spiro atoms. The summed E-state index contributed by atoms with van der Waals surface area (Å²) in [7, 11) is 1.66. The smallest absolute Gasteiger partial charge is 0.212 e. The van der Waals surface area contributed by atoms with E-state index in [2.05, 4.69) is 38.8 Å². The number of aromatic nitrogens is 4. The fourth-order valence-corrected chi connectivity index (χ4v) is 5.23. The Morgan fingerprint density at radius 1 is 0.938 bits per heavy atom. The Bertz CT molecular complexity index is 1430. The fraction of sp³-hybridized carbons (Fsp3) is 0.0833. The second-order valence-corrected chi connectivity index (χ2v) is 8.97. The lowest BCUT2D eigenvalue weighted by molar-refractivity contribution is 0.415. The van der Waals surface area contributed by atoms with Gasteiger partial charge in [-0.15, -0.1) is 10.2 Å². The number of hydrogen-bond acceptors (Lipinski definition) is 5. The average molecular weight is 460 g/mol. The van der Waals surface area contributed by atoms with Gasteiger partial charge >= 0.3 is 0 Å². The van der Waals surface area contributed by atoms with Crippen molar-refractivity contribution in [1.29, 1.82) is 0 Å². The van der Waals surface area contributed by atoms with Crippen LogP contribution in [0.15, 0.2) is 78.0 Å². The van der Waals surface area contributed by atoms with Crippen LogP contribution in [0.1, 0.15) is 10.9 Å². The minimum atomic E-state index is -0.0284. The summed E-state index contributed by atoms with van der Waals surface area (Å²) in [5.41, 5.74) is 8.99. The molecule has 0 fully saturated rings. The standard InChI is InChI=1S/C24H18ClN5OS/c1-31-17-12-8-15(9-13-17)22-27-28-24-30(22)29-23(32-24)20-18-4-2-3-5-19(18)26-21(20)14-6-10-16(25)11-7-14/h2-13,23,26,29H,1H3. The maximum atomic E-state index is 6.13. The van der Waals surface area contributed by atoms with Gasteiger partial charge < -0.3 is 15.1 Å². The monoisotopic (exact) mass is 459 g/mol. The highest BCUT2D eigenvalue weighted by atomic mass is 35.5. The Morgan fingerprint density at radius 3 is 2.47 bits per heavy atom. The summed E-state index contributed by atoms with van der Waals surface area (Å²) in [6, 6.07) is 24.1. The van der Waals surface area contributed by atoms with Crippen LogP contribution >= 0.6 is 23.4 Å². The number of aromatic amines is 1. The Balaban J connectivity index is 1.42. The van der Waals surface area contributed by atoms with Crippen molar-refractivity contribution in [2.75, 3.05) is 12.5 Å². The van der Waals surface area contributed by atoms with Crippen LogP contribution in [-0.2, 0) is 0 Å². The van der Waals surface area contributed by atoms with Gasteiger partial charge in [-0.05, 0) is 48.0 Å². The maximum absolute atomic E-state index is 6.13. The predicted molar refractivity (Wildman–Crippen MR) is 129 cm³/mol. The highest BCUT2D eigenvalue weighted by Gasteiger charge is 2.32. The van der Waals surface area contributed by atoms with Crippen LogP contribution in [0.2, 0.25) is 5.02 Å². The van der Waals surface area contributed by atoms with Crippen LogP contribution in [0.4, 0.5) is 0 Å². The molecule has 2 N–H and O–H groups in total. The first-order chi connectivity index (χ1) is 15.7. The molecule has 32 heavy (non-hydrogen) atoms. The zero-order chi connectivity index (χ0) is 21.7. The van der Waals surface area contributed by atoms with E-state index in [0.717, 1.165) is 44.1 Å².